The molecule has 3 aromatic rings. The summed E-state index contributed by atoms with van der Waals surface area (Å²) in [6.07, 6.45) is 1.36. The molecule has 27 heavy (non-hydrogen) atoms. The van der Waals surface area contributed by atoms with E-state index >= 15 is 0 Å². The minimum atomic E-state index is -0.328. The lowest BCUT2D eigenvalue weighted by atomic mass is 10.1. The molecule has 0 saturated carbocycles. The van der Waals surface area contributed by atoms with Crippen molar-refractivity contribution in [2.45, 2.75) is 26.2 Å². The molecule has 1 N–H and O–H groups in total. The van der Waals surface area contributed by atoms with Gasteiger partial charge in [0.1, 0.15) is 0 Å². The summed E-state index contributed by atoms with van der Waals surface area (Å²) in [5.41, 5.74) is 2.85. The van der Waals surface area contributed by atoms with Crippen LogP contribution in [0.1, 0.15) is 35.7 Å². The van der Waals surface area contributed by atoms with E-state index in [-0.39, 0.29) is 30.6 Å². The Labute approximate surface area is 159 Å². The third kappa shape index (κ3) is 3.33. The van der Waals surface area contributed by atoms with E-state index in [1.807, 2.05) is 12.1 Å². The fourth-order valence-electron chi connectivity index (χ4n) is 3.06. The highest BCUT2D eigenvalue weighted by molar-refractivity contribution is 7.22. The number of imide groups is 1. The number of hydrogen-bond acceptors (Lipinski definition) is 5. The quantitative estimate of drug-likeness (QED) is 0.700. The van der Waals surface area contributed by atoms with Gasteiger partial charge in [0.05, 0.1) is 15.9 Å². The number of carbonyl (C=O) groups is 3. The highest BCUT2D eigenvalue weighted by Gasteiger charge is 2.30. The van der Waals surface area contributed by atoms with Gasteiger partial charge in [-0.15, -0.1) is 0 Å². The smallest absolute Gasteiger partial charge is 0.257 e. The van der Waals surface area contributed by atoms with Crippen molar-refractivity contribution >= 4 is 50.1 Å². The molecule has 0 bridgehead atoms. The molecule has 0 unspecified atom stereocenters. The van der Waals surface area contributed by atoms with Crippen molar-refractivity contribution in [3.05, 3.63) is 53.6 Å². The number of thiazole rings is 1. The Morgan fingerprint density at radius 3 is 2.67 bits per heavy atom. The SMILES string of the molecule is CCc1ccc2nc(NC(=O)c3cccc(N4C(=O)CCC4=O)c3)sc2c1. The molecule has 1 saturated heterocycles. The number of hydrogen-bond donors (Lipinski definition) is 1. The number of nitrogens with zero attached hydrogens (tertiary/aromatic N) is 2. The maximum absolute atomic E-state index is 12.6. The molecule has 0 radical (unpaired) electrons. The van der Waals surface area contributed by atoms with E-state index in [0.29, 0.717) is 16.4 Å². The fraction of sp³-hybridized carbons (Fsp3) is 0.200. The van der Waals surface area contributed by atoms with Gasteiger partial charge in [0.2, 0.25) is 11.8 Å². The predicted octanol–water partition coefficient (Wildman–Crippen LogP) is 3.76. The Hall–Kier alpha value is -3.06. The monoisotopic (exact) mass is 379 g/mol. The second kappa shape index (κ2) is 6.92. The van der Waals surface area contributed by atoms with Gasteiger partial charge in [0, 0.05) is 18.4 Å². The first-order valence-electron chi connectivity index (χ1n) is 8.72. The third-order valence-corrected chi connectivity index (χ3v) is 5.43. The van der Waals surface area contributed by atoms with Gasteiger partial charge in [0.25, 0.3) is 5.91 Å². The zero-order chi connectivity index (χ0) is 19.0. The van der Waals surface area contributed by atoms with Gasteiger partial charge in [-0.1, -0.05) is 30.4 Å². The molecule has 4 rings (SSSR count). The first kappa shape index (κ1) is 17.4. The lowest BCUT2D eigenvalue weighted by molar-refractivity contribution is -0.121. The largest absolute Gasteiger partial charge is 0.298 e. The van der Waals surface area contributed by atoms with Gasteiger partial charge in [-0.2, -0.15) is 0 Å². The minimum Gasteiger partial charge on any atom is -0.298 e. The standard InChI is InChI=1S/C20H17N3O3S/c1-2-12-6-7-15-16(10-12)27-20(21-15)22-19(26)13-4-3-5-14(11-13)23-17(24)8-9-18(23)25/h3-7,10-11H,2,8-9H2,1H3,(H,21,22,26). The molecule has 1 aliphatic heterocycles. The van der Waals surface area contributed by atoms with E-state index in [0.717, 1.165) is 21.5 Å². The van der Waals surface area contributed by atoms with Crippen LogP contribution in [0.15, 0.2) is 42.5 Å². The number of anilines is 2. The lowest BCUT2D eigenvalue weighted by Crippen LogP contribution is -2.28. The molecule has 7 heteroatoms. The molecular formula is C20H17N3O3S. The number of benzene rings is 2. The second-order valence-electron chi connectivity index (χ2n) is 6.30. The van der Waals surface area contributed by atoms with Gasteiger partial charge in [-0.25, -0.2) is 4.98 Å². The molecule has 1 fully saturated rings. The number of carbonyl (C=O) groups excluding carboxylic acids is 3. The van der Waals surface area contributed by atoms with Gasteiger partial charge in [-0.3, -0.25) is 24.6 Å². The summed E-state index contributed by atoms with van der Waals surface area (Å²) >= 11 is 1.42. The highest BCUT2D eigenvalue weighted by atomic mass is 32.1. The van der Waals surface area contributed by atoms with Crippen LogP contribution in [-0.2, 0) is 16.0 Å². The average molecular weight is 379 g/mol. The molecule has 3 amide bonds. The number of aromatic nitrogens is 1. The Balaban J connectivity index is 1.57. The van der Waals surface area contributed by atoms with Crippen molar-refractivity contribution < 1.29 is 14.4 Å². The molecular weight excluding hydrogens is 362 g/mol. The maximum Gasteiger partial charge on any atom is 0.257 e. The molecule has 6 nitrogen and oxygen atoms in total. The zero-order valence-corrected chi connectivity index (χ0v) is 15.5. The normalized spacial score (nSPS) is 14.2. The van der Waals surface area contributed by atoms with Crippen LogP contribution in [0.25, 0.3) is 10.2 Å². The third-order valence-electron chi connectivity index (χ3n) is 4.50. The maximum atomic E-state index is 12.6. The molecule has 1 aliphatic rings. The molecule has 0 atom stereocenters. The summed E-state index contributed by atoms with van der Waals surface area (Å²) < 4.78 is 1.02. The number of aryl methyl sites for hydroxylation is 1. The van der Waals surface area contributed by atoms with Crippen LogP contribution in [0, 0.1) is 0 Å². The zero-order valence-electron chi connectivity index (χ0n) is 14.7. The molecule has 2 heterocycles. The van der Waals surface area contributed by atoms with Crippen LogP contribution in [-0.4, -0.2) is 22.7 Å². The highest BCUT2D eigenvalue weighted by Crippen LogP contribution is 2.28. The van der Waals surface area contributed by atoms with Crippen LogP contribution < -0.4 is 10.2 Å². The summed E-state index contributed by atoms with van der Waals surface area (Å²) in [5, 5.41) is 3.32. The summed E-state index contributed by atoms with van der Waals surface area (Å²) in [4.78, 5) is 42.0. The van der Waals surface area contributed by atoms with E-state index in [1.54, 1.807) is 24.3 Å². The Morgan fingerprint density at radius 2 is 1.93 bits per heavy atom. The number of nitrogens with one attached hydrogen (secondary N) is 1. The van der Waals surface area contributed by atoms with Crippen molar-refractivity contribution in [1.82, 2.24) is 4.98 Å². The summed E-state index contributed by atoms with van der Waals surface area (Å²) in [6.45, 7) is 2.09. The van der Waals surface area contributed by atoms with Crippen LogP contribution in [0.4, 0.5) is 10.8 Å². The summed E-state index contributed by atoms with van der Waals surface area (Å²) in [7, 11) is 0. The second-order valence-corrected chi connectivity index (χ2v) is 7.33. The van der Waals surface area contributed by atoms with Crippen molar-refractivity contribution in [2.24, 2.45) is 0 Å². The van der Waals surface area contributed by atoms with Gasteiger partial charge >= 0.3 is 0 Å². The van der Waals surface area contributed by atoms with Crippen LogP contribution in [0.2, 0.25) is 0 Å². The minimum absolute atomic E-state index is 0.209. The van der Waals surface area contributed by atoms with Crippen molar-refractivity contribution in [3.63, 3.8) is 0 Å². The number of fused-ring (bicyclic) bond motifs is 1. The first-order chi connectivity index (χ1) is 13.0. The Kier molecular flexibility index (Phi) is 4.45. The van der Waals surface area contributed by atoms with Gasteiger partial charge in [0.15, 0.2) is 5.13 Å². The Morgan fingerprint density at radius 1 is 1.15 bits per heavy atom. The van der Waals surface area contributed by atoms with Crippen LogP contribution in [0.3, 0.4) is 0 Å². The summed E-state index contributed by atoms with van der Waals surface area (Å²) in [5.74, 6) is -0.809. The number of amides is 3. The molecule has 0 spiro atoms. The van der Waals surface area contributed by atoms with Crippen LogP contribution >= 0.6 is 11.3 Å². The van der Waals surface area contributed by atoms with E-state index < -0.39 is 0 Å². The van der Waals surface area contributed by atoms with E-state index in [1.165, 1.54) is 16.9 Å². The average Bonchev–Trinajstić information content (AvgIpc) is 3.23. The first-order valence-corrected chi connectivity index (χ1v) is 9.53. The van der Waals surface area contributed by atoms with Crippen molar-refractivity contribution in [3.8, 4) is 0 Å². The molecule has 2 aromatic carbocycles. The van der Waals surface area contributed by atoms with Crippen molar-refractivity contribution in [1.29, 1.82) is 0 Å². The van der Waals surface area contributed by atoms with Gasteiger partial charge in [-0.05, 0) is 42.3 Å². The Bertz CT molecular complexity index is 1060. The van der Waals surface area contributed by atoms with Crippen LogP contribution in [0.5, 0.6) is 0 Å². The molecule has 0 aliphatic carbocycles. The van der Waals surface area contributed by atoms with E-state index in [4.69, 9.17) is 0 Å². The molecule has 1 aromatic heterocycles. The number of rotatable bonds is 4. The van der Waals surface area contributed by atoms with E-state index in [9.17, 15) is 14.4 Å². The topological polar surface area (TPSA) is 79.4 Å². The van der Waals surface area contributed by atoms with Crippen molar-refractivity contribution in [2.75, 3.05) is 10.2 Å². The fourth-order valence-corrected chi connectivity index (χ4v) is 3.99. The summed E-state index contributed by atoms with van der Waals surface area (Å²) in [6, 6.07) is 12.6. The predicted molar refractivity (Wildman–Crippen MR) is 105 cm³/mol. The lowest BCUT2D eigenvalue weighted by Gasteiger charge is -2.14. The van der Waals surface area contributed by atoms with Gasteiger partial charge < -0.3 is 0 Å². The van der Waals surface area contributed by atoms with E-state index in [2.05, 4.69) is 23.3 Å². The molecule has 136 valence electrons.